The van der Waals surface area contributed by atoms with Gasteiger partial charge in [-0.2, -0.15) is 0 Å². The number of hydrogen-bond donors (Lipinski definition) is 2. The molecule has 3 nitrogen and oxygen atoms in total. The van der Waals surface area contributed by atoms with Gasteiger partial charge in [-0.3, -0.25) is 4.79 Å². The number of carbonyl (C=O) groups is 1. The number of hydrogen-bond acceptors (Lipinski definition) is 2. The molecule has 0 unspecified atom stereocenters. The molecule has 0 heterocycles. The zero-order chi connectivity index (χ0) is 13.0. The van der Waals surface area contributed by atoms with Crippen molar-refractivity contribution in [2.75, 3.05) is 5.73 Å². The molecular formula is C15H20N2O. The lowest BCUT2D eigenvalue weighted by atomic mass is 9.75. The number of benzene rings is 1. The van der Waals surface area contributed by atoms with Crippen molar-refractivity contribution >= 4 is 17.7 Å². The summed E-state index contributed by atoms with van der Waals surface area (Å²) >= 11 is 0. The lowest BCUT2D eigenvalue weighted by molar-refractivity contribution is -0.119. The fourth-order valence-corrected chi connectivity index (χ4v) is 2.31. The summed E-state index contributed by atoms with van der Waals surface area (Å²) in [6, 6.07) is 7.49. The zero-order valence-electron chi connectivity index (χ0n) is 10.8. The molecule has 0 spiro atoms. The van der Waals surface area contributed by atoms with E-state index in [4.69, 9.17) is 5.73 Å². The second-order valence-corrected chi connectivity index (χ2v) is 4.98. The number of nitrogens with two attached hydrogens (primary N) is 1. The second-order valence-electron chi connectivity index (χ2n) is 4.98. The van der Waals surface area contributed by atoms with Crippen LogP contribution < -0.4 is 11.1 Å². The predicted molar refractivity (Wildman–Crippen MR) is 74.9 cm³/mol. The third kappa shape index (κ3) is 2.92. The van der Waals surface area contributed by atoms with Gasteiger partial charge >= 0.3 is 0 Å². The molecule has 1 aromatic rings. The summed E-state index contributed by atoms with van der Waals surface area (Å²) < 4.78 is 0. The van der Waals surface area contributed by atoms with Gasteiger partial charge in [0.05, 0.1) is 0 Å². The van der Waals surface area contributed by atoms with Crippen molar-refractivity contribution in [2.45, 2.75) is 38.1 Å². The Morgan fingerprint density at radius 1 is 1.50 bits per heavy atom. The van der Waals surface area contributed by atoms with Crippen LogP contribution in [0.3, 0.4) is 0 Å². The Bertz CT molecular complexity index is 456. The average molecular weight is 244 g/mol. The summed E-state index contributed by atoms with van der Waals surface area (Å²) in [4.78, 5) is 11.8. The minimum Gasteiger partial charge on any atom is -0.399 e. The Hall–Kier alpha value is -1.77. The van der Waals surface area contributed by atoms with Crippen molar-refractivity contribution in [3.63, 3.8) is 0 Å². The maximum atomic E-state index is 11.8. The minimum atomic E-state index is -0.0148. The summed E-state index contributed by atoms with van der Waals surface area (Å²) in [5, 5.41) is 3.11. The number of nitrogen functional groups attached to an aromatic ring is 1. The van der Waals surface area contributed by atoms with Gasteiger partial charge in [0.25, 0.3) is 0 Å². The molecule has 0 aromatic heterocycles. The molecule has 1 saturated carbocycles. The predicted octanol–water partition coefficient (Wildman–Crippen LogP) is 2.73. The van der Waals surface area contributed by atoms with Crippen molar-refractivity contribution in [1.29, 1.82) is 0 Å². The van der Waals surface area contributed by atoms with Crippen LogP contribution in [0.4, 0.5) is 5.69 Å². The maximum absolute atomic E-state index is 11.8. The summed E-state index contributed by atoms with van der Waals surface area (Å²) in [6.07, 6.45) is 7.80. The van der Waals surface area contributed by atoms with Crippen LogP contribution in [0.15, 0.2) is 30.3 Å². The highest BCUT2D eigenvalue weighted by Gasteiger charge is 2.35. The fraction of sp³-hybridized carbons (Fsp3) is 0.400. The number of rotatable bonds is 4. The lowest BCUT2D eigenvalue weighted by Gasteiger charge is -2.41. The molecule has 0 atom stereocenters. The first kappa shape index (κ1) is 12.7. The molecule has 1 aliphatic carbocycles. The number of nitrogens with one attached hydrogen (secondary N) is 1. The van der Waals surface area contributed by atoms with Crippen LogP contribution in [-0.2, 0) is 4.79 Å². The smallest absolute Gasteiger partial charge is 0.244 e. The van der Waals surface area contributed by atoms with Gasteiger partial charge in [0.2, 0.25) is 5.91 Å². The molecule has 1 aliphatic rings. The highest BCUT2D eigenvalue weighted by molar-refractivity contribution is 5.92. The van der Waals surface area contributed by atoms with Crippen LogP contribution in [0.5, 0.6) is 0 Å². The molecule has 0 aliphatic heterocycles. The van der Waals surface area contributed by atoms with Gasteiger partial charge in [-0.25, -0.2) is 0 Å². The van der Waals surface area contributed by atoms with Crippen molar-refractivity contribution in [3.8, 4) is 0 Å². The van der Waals surface area contributed by atoms with Crippen LogP contribution >= 0.6 is 0 Å². The molecule has 0 saturated heterocycles. The molecule has 3 heteroatoms. The first-order valence-electron chi connectivity index (χ1n) is 6.49. The van der Waals surface area contributed by atoms with Crippen LogP contribution in [0.1, 0.15) is 38.2 Å². The standard InChI is InChI=1S/C15H20N2O/c1-2-15(9-4-10-15)17-14(18)8-7-12-5-3-6-13(16)11-12/h3,5-8,11H,2,4,9-10,16H2,1H3,(H,17,18)/b8-7+. The highest BCUT2D eigenvalue weighted by atomic mass is 16.1. The van der Waals surface area contributed by atoms with Crippen molar-refractivity contribution in [3.05, 3.63) is 35.9 Å². The zero-order valence-corrected chi connectivity index (χ0v) is 10.8. The Morgan fingerprint density at radius 3 is 2.83 bits per heavy atom. The van der Waals surface area contributed by atoms with E-state index in [2.05, 4.69) is 12.2 Å². The van der Waals surface area contributed by atoms with Gasteiger partial charge < -0.3 is 11.1 Å². The van der Waals surface area contributed by atoms with E-state index in [0.717, 1.165) is 24.8 Å². The van der Waals surface area contributed by atoms with Gasteiger partial charge in [-0.15, -0.1) is 0 Å². The monoisotopic (exact) mass is 244 g/mol. The molecule has 0 radical (unpaired) electrons. The minimum absolute atomic E-state index is 0.0148. The van der Waals surface area contributed by atoms with Crippen LogP contribution in [0.25, 0.3) is 6.08 Å². The number of amides is 1. The van der Waals surface area contributed by atoms with Crippen molar-refractivity contribution in [1.82, 2.24) is 5.32 Å². The lowest BCUT2D eigenvalue weighted by Crippen LogP contribution is -2.52. The van der Waals surface area contributed by atoms with E-state index < -0.39 is 0 Å². The second kappa shape index (κ2) is 5.25. The quantitative estimate of drug-likeness (QED) is 0.632. The first-order chi connectivity index (χ1) is 8.63. The average Bonchev–Trinajstić information content (AvgIpc) is 2.31. The van der Waals surface area contributed by atoms with E-state index in [-0.39, 0.29) is 11.4 Å². The van der Waals surface area contributed by atoms with Gasteiger partial charge in [-0.1, -0.05) is 19.1 Å². The molecule has 0 bridgehead atoms. The van der Waals surface area contributed by atoms with Crippen LogP contribution in [0, 0.1) is 0 Å². The van der Waals surface area contributed by atoms with Gasteiger partial charge in [0.15, 0.2) is 0 Å². The molecule has 18 heavy (non-hydrogen) atoms. The molecule has 2 rings (SSSR count). The summed E-state index contributed by atoms with van der Waals surface area (Å²) in [6.45, 7) is 2.13. The maximum Gasteiger partial charge on any atom is 0.244 e. The molecule has 96 valence electrons. The van der Waals surface area contributed by atoms with E-state index in [1.54, 1.807) is 12.2 Å². The Balaban J connectivity index is 1.95. The van der Waals surface area contributed by atoms with Crippen LogP contribution in [-0.4, -0.2) is 11.4 Å². The SMILES string of the molecule is CCC1(NC(=O)/C=C/c2cccc(N)c2)CCC1. The van der Waals surface area contributed by atoms with E-state index in [9.17, 15) is 4.79 Å². The van der Waals surface area contributed by atoms with Crippen LogP contribution in [0.2, 0.25) is 0 Å². The normalized spacial score (nSPS) is 17.4. The van der Waals surface area contributed by atoms with E-state index in [0.29, 0.717) is 5.69 Å². The molecular weight excluding hydrogens is 224 g/mol. The van der Waals surface area contributed by atoms with Gasteiger partial charge in [-0.05, 0) is 49.5 Å². The molecule has 1 aromatic carbocycles. The Labute approximate surface area is 108 Å². The highest BCUT2D eigenvalue weighted by Crippen LogP contribution is 2.34. The van der Waals surface area contributed by atoms with Crippen molar-refractivity contribution < 1.29 is 4.79 Å². The summed E-state index contributed by atoms with van der Waals surface area (Å²) in [5.41, 5.74) is 7.40. The fourth-order valence-electron chi connectivity index (χ4n) is 2.31. The topological polar surface area (TPSA) is 55.1 Å². The number of carbonyl (C=O) groups excluding carboxylic acids is 1. The Morgan fingerprint density at radius 2 is 2.28 bits per heavy atom. The van der Waals surface area contributed by atoms with Crippen molar-refractivity contribution in [2.24, 2.45) is 0 Å². The van der Waals surface area contributed by atoms with Gasteiger partial charge in [0, 0.05) is 17.3 Å². The van der Waals surface area contributed by atoms with E-state index in [1.165, 1.54) is 6.42 Å². The summed E-state index contributed by atoms with van der Waals surface area (Å²) in [7, 11) is 0. The van der Waals surface area contributed by atoms with Gasteiger partial charge in [0.1, 0.15) is 0 Å². The number of anilines is 1. The molecule has 1 amide bonds. The third-order valence-electron chi connectivity index (χ3n) is 3.71. The van der Waals surface area contributed by atoms with E-state index in [1.807, 2.05) is 24.3 Å². The largest absolute Gasteiger partial charge is 0.399 e. The van der Waals surface area contributed by atoms with E-state index >= 15 is 0 Å². The third-order valence-corrected chi connectivity index (χ3v) is 3.71. The Kier molecular flexibility index (Phi) is 3.70. The molecule has 1 fully saturated rings. The first-order valence-corrected chi connectivity index (χ1v) is 6.49. The summed E-state index contributed by atoms with van der Waals surface area (Å²) in [5.74, 6) is -0.0148. The molecule has 3 N–H and O–H groups in total.